The van der Waals surface area contributed by atoms with Gasteiger partial charge in [-0.05, 0) is 49.7 Å². The van der Waals surface area contributed by atoms with Gasteiger partial charge in [-0.2, -0.15) is 0 Å². The van der Waals surface area contributed by atoms with Crippen molar-refractivity contribution < 1.29 is 31.5 Å². The predicted molar refractivity (Wildman–Crippen MR) is 124 cm³/mol. The van der Waals surface area contributed by atoms with Crippen molar-refractivity contribution in [2.75, 3.05) is 24.8 Å². The lowest BCUT2D eigenvalue weighted by atomic mass is 10.2. The molecule has 0 unspecified atom stereocenters. The maximum Gasteiger partial charge on any atom is 0.322 e. The summed E-state index contributed by atoms with van der Waals surface area (Å²) in [5.41, 5.74) is 0.557. The molecule has 2 aromatic carbocycles. The van der Waals surface area contributed by atoms with Gasteiger partial charge in [-0.1, -0.05) is 17.2 Å². The number of amides is 1. The molecule has 2 heterocycles. The van der Waals surface area contributed by atoms with Gasteiger partial charge in [0.05, 0.1) is 24.4 Å². The number of nitrogens with one attached hydrogen (secondary N) is 1. The Kier molecular flexibility index (Phi) is 6.82. The molecule has 0 spiro atoms. The lowest BCUT2D eigenvalue weighted by Crippen LogP contribution is -2.14. The molecule has 34 heavy (non-hydrogen) atoms. The minimum Gasteiger partial charge on any atom is -0.497 e. The zero-order valence-corrected chi connectivity index (χ0v) is 19.4. The topological polar surface area (TPSA) is 134 Å². The Balaban J connectivity index is 1.34. The van der Waals surface area contributed by atoms with Gasteiger partial charge in [-0.3, -0.25) is 10.1 Å². The van der Waals surface area contributed by atoms with Gasteiger partial charge in [0.15, 0.2) is 26.9 Å². The number of carbonyl (C=O) groups is 1. The molecule has 1 amide bonds. The molecule has 0 radical (unpaired) electrons. The Morgan fingerprint density at radius 2 is 1.88 bits per heavy atom. The van der Waals surface area contributed by atoms with Crippen molar-refractivity contribution in [1.29, 1.82) is 0 Å². The van der Waals surface area contributed by atoms with Crippen molar-refractivity contribution in [2.24, 2.45) is 0 Å². The average molecular weight is 486 g/mol. The second-order valence-electron chi connectivity index (χ2n) is 7.28. The maximum atomic E-state index is 12.4. The highest BCUT2D eigenvalue weighted by Crippen LogP contribution is 2.33. The molecular formula is C23H23N3O7S. The largest absolute Gasteiger partial charge is 0.497 e. The summed E-state index contributed by atoms with van der Waals surface area (Å²) in [6, 6.07) is 13.2. The van der Waals surface area contributed by atoms with Crippen LogP contribution in [0.3, 0.4) is 0 Å². The van der Waals surface area contributed by atoms with Crippen LogP contribution in [0, 0.1) is 0 Å². The number of fused-ring (bicyclic) bond motifs is 1. The van der Waals surface area contributed by atoms with E-state index >= 15 is 0 Å². The first-order chi connectivity index (χ1) is 16.4. The molecule has 0 aliphatic carbocycles. The van der Waals surface area contributed by atoms with Crippen molar-refractivity contribution in [1.82, 2.24) is 10.2 Å². The summed E-state index contributed by atoms with van der Waals surface area (Å²) in [5.74, 6) is 0.974. The molecular weight excluding hydrogens is 462 g/mol. The van der Waals surface area contributed by atoms with E-state index in [-0.39, 0.29) is 35.4 Å². The molecule has 0 bridgehead atoms. The predicted octanol–water partition coefficient (Wildman–Crippen LogP) is 4.08. The minimum atomic E-state index is -3.52. The number of nitrogens with zero attached hydrogens (tertiary/aromatic N) is 2. The van der Waals surface area contributed by atoms with Crippen molar-refractivity contribution in [3.05, 3.63) is 48.5 Å². The van der Waals surface area contributed by atoms with Crippen molar-refractivity contribution in [3.63, 3.8) is 0 Å². The summed E-state index contributed by atoms with van der Waals surface area (Å²) >= 11 is 0. The smallest absolute Gasteiger partial charge is 0.322 e. The first-order valence-corrected chi connectivity index (χ1v) is 12.2. The molecule has 10 nitrogen and oxygen atoms in total. The Hall–Kier alpha value is -3.86. The highest BCUT2D eigenvalue weighted by atomic mass is 32.2. The van der Waals surface area contributed by atoms with Gasteiger partial charge in [-0.25, -0.2) is 8.42 Å². The summed E-state index contributed by atoms with van der Waals surface area (Å²) in [4.78, 5) is 12.4. The summed E-state index contributed by atoms with van der Waals surface area (Å²) in [6.45, 7) is 2.37. The second kappa shape index (κ2) is 9.96. The molecule has 1 N–H and O–H groups in total. The van der Waals surface area contributed by atoms with E-state index in [2.05, 4.69) is 15.5 Å². The van der Waals surface area contributed by atoms with Gasteiger partial charge in [0.2, 0.25) is 5.91 Å². The molecule has 0 fully saturated rings. The van der Waals surface area contributed by atoms with Crippen LogP contribution in [0.4, 0.5) is 6.01 Å². The zero-order valence-electron chi connectivity index (χ0n) is 18.6. The van der Waals surface area contributed by atoms with E-state index in [0.717, 1.165) is 5.39 Å². The first kappa shape index (κ1) is 23.3. The second-order valence-corrected chi connectivity index (χ2v) is 9.39. The fourth-order valence-corrected chi connectivity index (χ4v) is 4.60. The molecule has 0 aliphatic rings. The van der Waals surface area contributed by atoms with Crippen molar-refractivity contribution in [3.8, 4) is 23.1 Å². The minimum absolute atomic E-state index is 0.0323. The number of ether oxygens (including phenoxy) is 2. The third-order valence-electron chi connectivity index (χ3n) is 4.93. The van der Waals surface area contributed by atoms with Crippen LogP contribution in [0.5, 0.6) is 11.5 Å². The van der Waals surface area contributed by atoms with Crippen LogP contribution in [0.15, 0.2) is 62.3 Å². The van der Waals surface area contributed by atoms with Crippen LogP contribution in [-0.2, 0) is 14.6 Å². The fourth-order valence-electron chi connectivity index (χ4n) is 3.29. The molecule has 0 aliphatic heterocycles. The number of hydrogen-bond donors (Lipinski definition) is 1. The number of hydrogen-bond acceptors (Lipinski definition) is 9. The third kappa shape index (κ3) is 5.20. The number of anilines is 1. The number of para-hydroxylation sites is 1. The van der Waals surface area contributed by atoms with Crippen molar-refractivity contribution in [2.45, 2.75) is 24.7 Å². The summed E-state index contributed by atoms with van der Waals surface area (Å²) in [6.07, 6.45) is 0.0976. The SMILES string of the molecule is CCOc1cccc2cc(-c3nnc(NC(=O)CCCS(=O)(=O)c4ccc(OC)cc4)o3)oc12. The van der Waals surface area contributed by atoms with Gasteiger partial charge >= 0.3 is 6.01 Å². The van der Waals surface area contributed by atoms with Gasteiger partial charge < -0.3 is 18.3 Å². The number of benzene rings is 2. The fraction of sp³-hybridized carbons (Fsp3) is 0.261. The van der Waals surface area contributed by atoms with Crippen LogP contribution in [0.25, 0.3) is 22.6 Å². The standard InChI is InChI=1S/C23H23N3O7S/c1-3-31-18-7-4-6-15-14-19(32-21(15)18)22-25-26-23(33-22)24-20(27)8-5-13-34(28,29)17-11-9-16(30-2)10-12-17/h4,6-7,9-12,14H,3,5,8,13H2,1-2H3,(H,24,26,27). The van der Waals surface area contributed by atoms with Crippen LogP contribution < -0.4 is 14.8 Å². The third-order valence-corrected chi connectivity index (χ3v) is 6.74. The van der Waals surface area contributed by atoms with E-state index in [1.165, 1.54) is 19.2 Å². The lowest BCUT2D eigenvalue weighted by molar-refractivity contribution is -0.116. The van der Waals surface area contributed by atoms with Gasteiger partial charge in [0.25, 0.3) is 5.89 Å². The van der Waals surface area contributed by atoms with E-state index < -0.39 is 15.7 Å². The monoisotopic (exact) mass is 485 g/mol. The van der Waals surface area contributed by atoms with Crippen LogP contribution >= 0.6 is 0 Å². The van der Waals surface area contributed by atoms with Crippen LogP contribution in [0.1, 0.15) is 19.8 Å². The van der Waals surface area contributed by atoms with Gasteiger partial charge in [-0.15, -0.1) is 5.10 Å². The Morgan fingerprint density at radius 3 is 2.62 bits per heavy atom. The number of carbonyl (C=O) groups excluding carboxylic acids is 1. The number of furan rings is 1. The number of aromatic nitrogens is 2. The molecule has 0 saturated heterocycles. The van der Waals surface area contributed by atoms with E-state index in [4.69, 9.17) is 18.3 Å². The Morgan fingerprint density at radius 1 is 1.09 bits per heavy atom. The Bertz CT molecular complexity index is 1390. The summed E-state index contributed by atoms with van der Waals surface area (Å²) < 4.78 is 46.8. The molecule has 2 aromatic heterocycles. The number of rotatable bonds is 10. The van der Waals surface area contributed by atoms with E-state index in [0.29, 0.717) is 29.4 Å². The summed E-state index contributed by atoms with van der Waals surface area (Å²) in [5, 5.41) is 11.0. The number of methoxy groups -OCH3 is 1. The van der Waals surface area contributed by atoms with Gasteiger partial charge in [0.1, 0.15) is 5.75 Å². The molecule has 4 rings (SSSR count). The maximum absolute atomic E-state index is 12.4. The van der Waals surface area contributed by atoms with E-state index in [1.807, 2.05) is 19.1 Å². The number of sulfone groups is 1. The average Bonchev–Trinajstić information content (AvgIpc) is 3.47. The highest BCUT2D eigenvalue weighted by molar-refractivity contribution is 7.91. The van der Waals surface area contributed by atoms with E-state index in [9.17, 15) is 13.2 Å². The highest BCUT2D eigenvalue weighted by Gasteiger charge is 2.18. The molecule has 0 saturated carbocycles. The molecule has 178 valence electrons. The zero-order chi connectivity index (χ0) is 24.1. The Labute approximate surface area is 195 Å². The van der Waals surface area contributed by atoms with Crippen molar-refractivity contribution >= 4 is 32.7 Å². The van der Waals surface area contributed by atoms with Crippen LogP contribution in [-0.4, -0.2) is 44.0 Å². The normalized spacial score (nSPS) is 11.5. The first-order valence-electron chi connectivity index (χ1n) is 10.6. The lowest BCUT2D eigenvalue weighted by Gasteiger charge is -2.05. The van der Waals surface area contributed by atoms with Crippen LogP contribution in [0.2, 0.25) is 0 Å². The van der Waals surface area contributed by atoms with E-state index in [1.54, 1.807) is 24.3 Å². The molecule has 0 atom stereocenters. The summed E-state index contributed by atoms with van der Waals surface area (Å²) in [7, 11) is -2.01. The van der Waals surface area contributed by atoms with Gasteiger partial charge in [0, 0.05) is 11.8 Å². The molecule has 11 heteroatoms. The molecule has 4 aromatic rings. The quantitative estimate of drug-likeness (QED) is 0.352.